The van der Waals surface area contributed by atoms with Crippen LogP contribution in [0.1, 0.15) is 30.2 Å². The average molecular weight is 474 g/mol. The molecule has 0 atom stereocenters. The van der Waals surface area contributed by atoms with Crippen LogP contribution in [0.15, 0.2) is 50.4 Å². The fourth-order valence-corrected chi connectivity index (χ4v) is 3.27. The monoisotopic (exact) mass is 474 g/mol. The summed E-state index contributed by atoms with van der Waals surface area (Å²) in [7, 11) is 1.45. The van der Waals surface area contributed by atoms with Gasteiger partial charge in [0.2, 0.25) is 0 Å². The first kappa shape index (κ1) is 24.8. The molecule has 3 N–H and O–H groups in total. The number of benzene rings is 1. The summed E-state index contributed by atoms with van der Waals surface area (Å²) >= 11 is 0. The minimum absolute atomic E-state index is 0.00102. The average Bonchev–Trinajstić information content (AvgIpc) is 3.27. The van der Waals surface area contributed by atoms with Gasteiger partial charge in [-0.2, -0.15) is 0 Å². The Hall–Kier alpha value is -3.86. The molecule has 0 aliphatic heterocycles. The molecule has 0 radical (unpaired) electrons. The Morgan fingerprint density at radius 2 is 1.91 bits per heavy atom. The molecule has 0 unspecified atom stereocenters. The Morgan fingerprint density at radius 3 is 2.56 bits per heavy atom. The van der Waals surface area contributed by atoms with Gasteiger partial charge in [0.1, 0.15) is 29.8 Å². The van der Waals surface area contributed by atoms with E-state index in [1.807, 2.05) is 13.8 Å². The lowest BCUT2D eigenvalue weighted by molar-refractivity contribution is 0.0945. The highest BCUT2D eigenvalue weighted by Crippen LogP contribution is 2.22. The molecule has 0 bridgehead atoms. The topological polar surface area (TPSA) is 133 Å². The summed E-state index contributed by atoms with van der Waals surface area (Å²) in [6, 6.07) is 8.47. The summed E-state index contributed by atoms with van der Waals surface area (Å²) in [5.41, 5.74) is 4.57. The number of H-pyrrole nitrogens is 1. The van der Waals surface area contributed by atoms with Gasteiger partial charge in [0.15, 0.2) is 11.4 Å². The summed E-state index contributed by atoms with van der Waals surface area (Å²) < 4.78 is 30.5. The minimum Gasteiger partial charge on any atom is -0.486 e. The van der Waals surface area contributed by atoms with Crippen molar-refractivity contribution in [2.45, 2.75) is 27.0 Å². The second-order valence-electron chi connectivity index (χ2n) is 7.96. The molecule has 182 valence electrons. The summed E-state index contributed by atoms with van der Waals surface area (Å²) in [5.74, 6) is -0.381. The number of rotatable bonds is 10. The number of nitrogens with one attached hydrogen (secondary N) is 1. The largest absolute Gasteiger partial charge is 0.486 e. The summed E-state index contributed by atoms with van der Waals surface area (Å²) in [6.45, 7) is 4.14. The van der Waals surface area contributed by atoms with Gasteiger partial charge in [0.25, 0.3) is 11.5 Å². The van der Waals surface area contributed by atoms with Crippen molar-refractivity contribution in [3.63, 3.8) is 0 Å². The van der Waals surface area contributed by atoms with Gasteiger partial charge in [-0.1, -0.05) is 13.8 Å². The molecule has 1 amide bonds. The van der Waals surface area contributed by atoms with Crippen molar-refractivity contribution in [3.8, 4) is 5.75 Å². The van der Waals surface area contributed by atoms with E-state index in [1.54, 1.807) is 6.07 Å². The number of nitrogens with zero attached hydrogens (tertiary/aromatic N) is 2. The zero-order chi connectivity index (χ0) is 24.8. The molecule has 0 fully saturated rings. The lowest BCUT2D eigenvalue weighted by Gasteiger charge is -2.24. The zero-order valence-corrected chi connectivity index (χ0v) is 19.2. The molecule has 34 heavy (non-hydrogen) atoms. The van der Waals surface area contributed by atoms with E-state index in [4.69, 9.17) is 19.6 Å². The Labute approximate surface area is 194 Å². The molecule has 11 heteroatoms. The number of aromatic nitrogens is 2. The maximum atomic E-state index is 13.3. The molecule has 0 saturated heterocycles. The van der Waals surface area contributed by atoms with Crippen molar-refractivity contribution in [1.29, 1.82) is 0 Å². The van der Waals surface area contributed by atoms with E-state index in [9.17, 15) is 18.8 Å². The number of nitrogen functional groups attached to an aromatic ring is 1. The van der Waals surface area contributed by atoms with Gasteiger partial charge >= 0.3 is 5.69 Å². The summed E-state index contributed by atoms with van der Waals surface area (Å²) in [6.07, 6.45) is 0. The number of hydrogen-bond acceptors (Lipinski definition) is 7. The van der Waals surface area contributed by atoms with Crippen LogP contribution in [0.3, 0.4) is 0 Å². The predicted octanol–water partition coefficient (Wildman–Crippen LogP) is 2.38. The zero-order valence-electron chi connectivity index (χ0n) is 19.2. The fraction of sp³-hybridized carbons (Fsp3) is 0.348. The number of nitrogens with two attached hydrogens (primary N) is 1. The van der Waals surface area contributed by atoms with Crippen LogP contribution >= 0.6 is 0 Å². The molecule has 3 aromatic rings. The minimum atomic E-state index is -0.793. The second-order valence-corrected chi connectivity index (χ2v) is 7.96. The molecular weight excluding hydrogens is 447 g/mol. The number of ether oxygens (including phenoxy) is 2. The third kappa shape index (κ3) is 5.73. The van der Waals surface area contributed by atoms with E-state index in [1.165, 1.54) is 42.0 Å². The SMILES string of the molecule is COCCN(C(=O)c1ccc(COc2ccc(F)cc2)o1)c1c(N)n(CC(C)C)c(=O)[nH]c1=O. The molecule has 2 aromatic heterocycles. The number of anilines is 2. The predicted molar refractivity (Wildman–Crippen MR) is 124 cm³/mol. The van der Waals surface area contributed by atoms with Crippen molar-refractivity contribution < 1.29 is 23.1 Å². The third-order valence-corrected chi connectivity index (χ3v) is 4.86. The van der Waals surface area contributed by atoms with Crippen molar-refractivity contribution in [3.05, 3.63) is 74.6 Å². The maximum Gasteiger partial charge on any atom is 0.330 e. The lowest BCUT2D eigenvalue weighted by Crippen LogP contribution is -2.42. The van der Waals surface area contributed by atoms with Crippen LogP contribution in [0.25, 0.3) is 0 Å². The van der Waals surface area contributed by atoms with Crippen LogP contribution in [0.2, 0.25) is 0 Å². The smallest absolute Gasteiger partial charge is 0.330 e. The summed E-state index contributed by atoms with van der Waals surface area (Å²) in [5, 5.41) is 0. The van der Waals surface area contributed by atoms with E-state index < -0.39 is 17.2 Å². The lowest BCUT2D eigenvalue weighted by atomic mass is 10.2. The normalized spacial score (nSPS) is 11.1. The number of hydrogen-bond donors (Lipinski definition) is 2. The molecular formula is C23H27FN4O6. The van der Waals surface area contributed by atoms with Crippen LogP contribution < -0.4 is 26.6 Å². The number of furan rings is 1. The first-order valence-electron chi connectivity index (χ1n) is 10.6. The highest BCUT2D eigenvalue weighted by Gasteiger charge is 2.27. The highest BCUT2D eigenvalue weighted by molar-refractivity contribution is 6.05. The highest BCUT2D eigenvalue weighted by atomic mass is 19.1. The second kappa shape index (κ2) is 10.8. The van der Waals surface area contributed by atoms with Crippen LogP contribution in [0.4, 0.5) is 15.9 Å². The molecule has 0 aliphatic carbocycles. The summed E-state index contributed by atoms with van der Waals surface area (Å²) in [4.78, 5) is 41.6. The van der Waals surface area contributed by atoms with Crippen LogP contribution in [0, 0.1) is 11.7 Å². The molecule has 0 spiro atoms. The van der Waals surface area contributed by atoms with Crippen molar-refractivity contribution in [1.82, 2.24) is 9.55 Å². The van der Waals surface area contributed by atoms with Crippen molar-refractivity contribution in [2.75, 3.05) is 30.9 Å². The fourth-order valence-electron chi connectivity index (χ4n) is 3.27. The van der Waals surface area contributed by atoms with Gasteiger partial charge in [-0.05, 0) is 42.3 Å². The first-order valence-corrected chi connectivity index (χ1v) is 10.6. The van der Waals surface area contributed by atoms with Crippen LogP contribution in [0.5, 0.6) is 5.75 Å². The van der Waals surface area contributed by atoms with E-state index in [2.05, 4.69) is 4.98 Å². The van der Waals surface area contributed by atoms with Crippen molar-refractivity contribution in [2.24, 2.45) is 5.92 Å². The van der Waals surface area contributed by atoms with Gasteiger partial charge in [-0.25, -0.2) is 9.18 Å². The molecule has 10 nitrogen and oxygen atoms in total. The Bertz CT molecular complexity index is 1250. The molecule has 2 heterocycles. The standard InChI is InChI=1S/C23H27FN4O6/c1-14(2)12-28-20(25)19(21(29)26-23(28)31)27(10-11-32-3)22(30)18-9-8-17(34-18)13-33-16-6-4-15(24)5-7-16/h4-9,14H,10-13,25H2,1-3H3,(H,26,29,31). The third-order valence-electron chi connectivity index (χ3n) is 4.86. The number of methoxy groups -OCH3 is 1. The van der Waals surface area contributed by atoms with Crippen LogP contribution in [-0.2, 0) is 17.9 Å². The Kier molecular flexibility index (Phi) is 7.90. The van der Waals surface area contributed by atoms with E-state index in [0.29, 0.717) is 11.5 Å². The van der Waals surface area contributed by atoms with E-state index in [-0.39, 0.29) is 55.3 Å². The van der Waals surface area contributed by atoms with E-state index in [0.717, 1.165) is 4.90 Å². The van der Waals surface area contributed by atoms with Crippen LogP contribution in [-0.4, -0.2) is 35.7 Å². The van der Waals surface area contributed by atoms with Crippen molar-refractivity contribution >= 4 is 17.4 Å². The Morgan fingerprint density at radius 1 is 1.21 bits per heavy atom. The molecule has 1 aromatic carbocycles. The maximum absolute atomic E-state index is 13.3. The first-order chi connectivity index (χ1) is 16.2. The number of carbonyl (C=O) groups is 1. The number of aromatic amines is 1. The van der Waals surface area contributed by atoms with E-state index >= 15 is 0 Å². The number of amides is 1. The Balaban J connectivity index is 1.89. The van der Waals surface area contributed by atoms with Gasteiger partial charge < -0.3 is 19.6 Å². The van der Waals surface area contributed by atoms with Gasteiger partial charge in [0, 0.05) is 13.7 Å². The van der Waals surface area contributed by atoms with Gasteiger partial charge in [-0.3, -0.25) is 24.0 Å². The van der Waals surface area contributed by atoms with Gasteiger partial charge in [-0.15, -0.1) is 0 Å². The molecule has 0 aliphatic rings. The number of halogens is 1. The molecule has 0 saturated carbocycles. The van der Waals surface area contributed by atoms with Gasteiger partial charge in [0.05, 0.1) is 13.2 Å². The number of carbonyl (C=O) groups excluding carboxylic acids is 1. The molecule has 3 rings (SSSR count). The quantitative estimate of drug-likeness (QED) is 0.461.